The van der Waals surface area contributed by atoms with E-state index in [1.54, 1.807) is 13.4 Å². The first-order valence-corrected chi connectivity index (χ1v) is 12.0. The van der Waals surface area contributed by atoms with Crippen molar-refractivity contribution in [2.24, 2.45) is 5.92 Å². The van der Waals surface area contributed by atoms with E-state index in [0.29, 0.717) is 5.92 Å². The van der Waals surface area contributed by atoms with Crippen LogP contribution >= 0.6 is 0 Å². The highest BCUT2D eigenvalue weighted by Crippen LogP contribution is 2.32. The molecule has 6 nitrogen and oxygen atoms in total. The Hall–Kier alpha value is -4.06. The lowest BCUT2D eigenvalue weighted by Gasteiger charge is -2.13. The fraction of sp³-hybridized carbons (Fsp3) is 0.241. The lowest BCUT2D eigenvalue weighted by atomic mass is 10.0. The van der Waals surface area contributed by atoms with Crippen LogP contribution < -0.4 is 10.1 Å². The van der Waals surface area contributed by atoms with Crippen LogP contribution in [0.3, 0.4) is 0 Å². The summed E-state index contributed by atoms with van der Waals surface area (Å²) in [5.41, 5.74) is 9.25. The first-order valence-electron chi connectivity index (χ1n) is 12.0. The summed E-state index contributed by atoms with van der Waals surface area (Å²) in [5.74, 6) is 1.41. The average Bonchev–Trinajstić information content (AvgIpc) is 3.43. The molecule has 0 spiro atoms. The van der Waals surface area contributed by atoms with E-state index in [2.05, 4.69) is 72.0 Å². The summed E-state index contributed by atoms with van der Waals surface area (Å²) in [6.45, 7) is 8.58. The standard InChI is InChI=1S/C29H31N5O/c1-19(2)15-22-8-10-23(11-9-22)28-21(4)34-14-6-7-25(29(34)32-28)31-24-12-13-26(27(16-24)35-5)33-17-20(3)30-18-33/h6-14,16-19,31H,15H2,1-5H3. The van der Waals surface area contributed by atoms with Gasteiger partial charge in [0.25, 0.3) is 0 Å². The molecule has 0 fully saturated rings. The van der Waals surface area contributed by atoms with E-state index in [4.69, 9.17) is 9.72 Å². The average molecular weight is 466 g/mol. The molecule has 0 amide bonds. The highest BCUT2D eigenvalue weighted by molar-refractivity contribution is 5.79. The van der Waals surface area contributed by atoms with E-state index in [9.17, 15) is 0 Å². The summed E-state index contributed by atoms with van der Waals surface area (Å²) in [6, 6.07) is 19.0. The Kier molecular flexibility index (Phi) is 6.03. The third kappa shape index (κ3) is 4.52. The number of hydrogen-bond acceptors (Lipinski definition) is 4. The number of imidazole rings is 2. The van der Waals surface area contributed by atoms with E-state index < -0.39 is 0 Å². The predicted octanol–water partition coefficient (Wildman–Crippen LogP) is 6.75. The molecular weight excluding hydrogens is 434 g/mol. The number of aromatic nitrogens is 4. The molecule has 5 aromatic rings. The topological polar surface area (TPSA) is 56.4 Å². The van der Waals surface area contributed by atoms with Crippen molar-refractivity contribution in [3.63, 3.8) is 0 Å². The quantitative estimate of drug-likeness (QED) is 0.289. The smallest absolute Gasteiger partial charge is 0.161 e. The number of methoxy groups -OCH3 is 1. The lowest BCUT2D eigenvalue weighted by molar-refractivity contribution is 0.413. The van der Waals surface area contributed by atoms with Crippen molar-refractivity contribution in [3.05, 3.63) is 90.3 Å². The van der Waals surface area contributed by atoms with E-state index >= 15 is 0 Å². The largest absolute Gasteiger partial charge is 0.494 e. The highest BCUT2D eigenvalue weighted by Gasteiger charge is 2.14. The molecule has 0 saturated carbocycles. The number of aryl methyl sites for hydroxylation is 2. The molecule has 178 valence electrons. The summed E-state index contributed by atoms with van der Waals surface area (Å²) in [4.78, 5) is 9.36. The number of nitrogens with one attached hydrogen (secondary N) is 1. The summed E-state index contributed by atoms with van der Waals surface area (Å²) >= 11 is 0. The number of anilines is 2. The zero-order valence-corrected chi connectivity index (χ0v) is 20.9. The molecule has 3 aromatic heterocycles. The highest BCUT2D eigenvalue weighted by atomic mass is 16.5. The minimum atomic E-state index is 0.642. The first kappa shape index (κ1) is 22.7. The normalized spacial score (nSPS) is 11.4. The Morgan fingerprint density at radius 2 is 1.83 bits per heavy atom. The molecule has 0 aliphatic heterocycles. The molecular formula is C29H31N5O. The van der Waals surface area contributed by atoms with Gasteiger partial charge in [0.2, 0.25) is 0 Å². The summed E-state index contributed by atoms with van der Waals surface area (Å²) in [7, 11) is 1.68. The minimum Gasteiger partial charge on any atom is -0.494 e. The first-order chi connectivity index (χ1) is 16.9. The van der Waals surface area contributed by atoms with Crippen molar-refractivity contribution in [1.82, 2.24) is 18.9 Å². The summed E-state index contributed by atoms with van der Waals surface area (Å²) in [6.07, 6.45) is 6.92. The van der Waals surface area contributed by atoms with Crippen LogP contribution in [0.25, 0.3) is 22.6 Å². The Bertz CT molecular complexity index is 1480. The third-order valence-corrected chi connectivity index (χ3v) is 6.21. The van der Waals surface area contributed by atoms with Crippen molar-refractivity contribution in [2.45, 2.75) is 34.1 Å². The second kappa shape index (κ2) is 9.29. The molecule has 5 rings (SSSR count). The predicted molar refractivity (Wildman–Crippen MR) is 142 cm³/mol. The molecule has 3 heterocycles. The maximum absolute atomic E-state index is 5.68. The van der Waals surface area contributed by atoms with Gasteiger partial charge in [0.15, 0.2) is 5.65 Å². The van der Waals surface area contributed by atoms with Gasteiger partial charge in [0.05, 0.1) is 36.2 Å². The van der Waals surface area contributed by atoms with Crippen LogP contribution in [-0.2, 0) is 6.42 Å². The number of hydrogen-bond donors (Lipinski definition) is 1. The monoisotopic (exact) mass is 465 g/mol. The van der Waals surface area contributed by atoms with Gasteiger partial charge in [-0.25, -0.2) is 9.97 Å². The van der Waals surface area contributed by atoms with E-state index in [1.807, 2.05) is 42.0 Å². The Labute approximate surface area is 206 Å². The number of nitrogens with zero attached hydrogens (tertiary/aromatic N) is 4. The second-order valence-electron chi connectivity index (χ2n) is 9.39. The number of benzene rings is 2. The Morgan fingerprint density at radius 3 is 2.51 bits per heavy atom. The van der Waals surface area contributed by atoms with Gasteiger partial charge in [-0.3, -0.25) is 0 Å². The molecule has 0 atom stereocenters. The molecule has 0 aliphatic rings. The van der Waals surface area contributed by atoms with E-state index in [0.717, 1.165) is 57.5 Å². The molecule has 0 unspecified atom stereocenters. The molecule has 0 saturated heterocycles. The van der Waals surface area contributed by atoms with E-state index in [-0.39, 0.29) is 0 Å². The van der Waals surface area contributed by atoms with Crippen molar-refractivity contribution in [3.8, 4) is 22.7 Å². The van der Waals surface area contributed by atoms with Crippen molar-refractivity contribution in [1.29, 1.82) is 0 Å². The SMILES string of the molecule is COc1cc(Nc2cccn3c(C)c(-c4ccc(CC(C)C)cc4)nc23)ccc1-n1cnc(C)c1. The Balaban J connectivity index is 1.48. The van der Waals surface area contributed by atoms with Crippen molar-refractivity contribution in [2.75, 3.05) is 12.4 Å². The lowest BCUT2D eigenvalue weighted by Crippen LogP contribution is -1.99. The molecule has 35 heavy (non-hydrogen) atoms. The molecule has 6 heteroatoms. The van der Waals surface area contributed by atoms with Gasteiger partial charge in [-0.2, -0.15) is 0 Å². The summed E-state index contributed by atoms with van der Waals surface area (Å²) < 4.78 is 9.79. The van der Waals surface area contributed by atoms with Crippen LogP contribution in [-0.4, -0.2) is 26.0 Å². The van der Waals surface area contributed by atoms with Crippen LogP contribution in [0, 0.1) is 19.8 Å². The van der Waals surface area contributed by atoms with Gasteiger partial charge in [-0.15, -0.1) is 0 Å². The number of rotatable bonds is 7. The van der Waals surface area contributed by atoms with Gasteiger partial charge < -0.3 is 19.0 Å². The Morgan fingerprint density at radius 1 is 1.03 bits per heavy atom. The molecule has 0 radical (unpaired) electrons. The van der Waals surface area contributed by atoms with Crippen LogP contribution in [0.1, 0.15) is 30.8 Å². The zero-order chi connectivity index (χ0) is 24.5. The van der Waals surface area contributed by atoms with Gasteiger partial charge >= 0.3 is 0 Å². The maximum atomic E-state index is 5.68. The van der Waals surface area contributed by atoms with Crippen LogP contribution in [0.2, 0.25) is 0 Å². The van der Waals surface area contributed by atoms with Crippen molar-refractivity contribution < 1.29 is 4.74 Å². The maximum Gasteiger partial charge on any atom is 0.161 e. The number of ether oxygens (including phenoxy) is 1. The molecule has 2 aromatic carbocycles. The third-order valence-electron chi connectivity index (χ3n) is 6.21. The summed E-state index contributed by atoms with van der Waals surface area (Å²) in [5, 5.41) is 3.54. The number of fused-ring (bicyclic) bond motifs is 1. The minimum absolute atomic E-state index is 0.642. The van der Waals surface area contributed by atoms with Gasteiger partial charge in [-0.1, -0.05) is 38.1 Å². The molecule has 0 bridgehead atoms. The number of pyridine rings is 1. The second-order valence-corrected chi connectivity index (χ2v) is 9.39. The zero-order valence-electron chi connectivity index (χ0n) is 20.9. The van der Waals surface area contributed by atoms with Gasteiger partial charge in [0.1, 0.15) is 5.75 Å². The van der Waals surface area contributed by atoms with Crippen LogP contribution in [0.15, 0.2) is 73.3 Å². The fourth-order valence-electron chi connectivity index (χ4n) is 4.50. The van der Waals surface area contributed by atoms with Crippen LogP contribution in [0.5, 0.6) is 5.75 Å². The van der Waals surface area contributed by atoms with Gasteiger partial charge in [-0.05, 0) is 56.0 Å². The van der Waals surface area contributed by atoms with Gasteiger partial charge in [0, 0.05) is 35.4 Å². The molecule has 0 aliphatic carbocycles. The van der Waals surface area contributed by atoms with Crippen molar-refractivity contribution >= 4 is 17.0 Å². The molecule has 1 N–H and O–H groups in total. The van der Waals surface area contributed by atoms with E-state index in [1.165, 1.54) is 5.56 Å². The van der Waals surface area contributed by atoms with Crippen LogP contribution in [0.4, 0.5) is 11.4 Å². The fourth-order valence-corrected chi connectivity index (χ4v) is 4.50.